The van der Waals surface area contributed by atoms with Gasteiger partial charge in [0.2, 0.25) is 11.7 Å². The highest BCUT2D eigenvalue weighted by molar-refractivity contribution is 5.91. The second-order valence-electron chi connectivity index (χ2n) is 6.14. The second kappa shape index (κ2) is 8.51. The van der Waals surface area contributed by atoms with Gasteiger partial charge in [0.05, 0.1) is 33.9 Å². The maximum Gasteiger partial charge on any atom is 0.229 e. The maximum absolute atomic E-state index is 12.6. The second-order valence-corrected chi connectivity index (χ2v) is 6.14. The number of carbonyl (C=O) groups excluding carboxylic acids is 1. The van der Waals surface area contributed by atoms with Crippen molar-refractivity contribution in [1.29, 1.82) is 0 Å². The summed E-state index contributed by atoms with van der Waals surface area (Å²) in [6.07, 6.45) is 1.77. The van der Waals surface area contributed by atoms with Gasteiger partial charge in [0, 0.05) is 6.07 Å². The lowest BCUT2D eigenvalue weighted by molar-refractivity contribution is -0.115. The van der Waals surface area contributed by atoms with Crippen LogP contribution in [0.2, 0.25) is 0 Å². The lowest BCUT2D eigenvalue weighted by Gasteiger charge is -2.14. The molecule has 0 aliphatic heterocycles. The molecule has 0 saturated carbocycles. The highest BCUT2D eigenvalue weighted by Gasteiger charge is 2.16. The highest BCUT2D eigenvalue weighted by Crippen LogP contribution is 2.38. The van der Waals surface area contributed by atoms with E-state index in [1.807, 2.05) is 19.1 Å². The van der Waals surface area contributed by atoms with Gasteiger partial charge >= 0.3 is 0 Å². The van der Waals surface area contributed by atoms with Gasteiger partial charge in [-0.3, -0.25) is 4.79 Å². The van der Waals surface area contributed by atoms with Crippen molar-refractivity contribution >= 4 is 11.7 Å². The summed E-state index contributed by atoms with van der Waals surface area (Å²) in [5, 5.41) is 7.12. The third-order valence-electron chi connectivity index (χ3n) is 4.17. The third-order valence-corrected chi connectivity index (χ3v) is 4.17. The SMILES string of the molecule is COc1cc(CC(=O)Nc2ccnn2Cc2ccc(C)o2)cc(OC)c1OC. The zero-order valence-corrected chi connectivity index (χ0v) is 16.3. The molecule has 1 amide bonds. The molecular formula is C20H23N3O5. The van der Waals surface area contributed by atoms with Crippen molar-refractivity contribution in [3.05, 3.63) is 53.6 Å². The lowest BCUT2D eigenvalue weighted by Crippen LogP contribution is -2.18. The van der Waals surface area contributed by atoms with Crippen LogP contribution < -0.4 is 19.5 Å². The Bertz CT molecular complexity index is 935. The number of hydrogen-bond donors (Lipinski definition) is 1. The number of benzene rings is 1. The monoisotopic (exact) mass is 385 g/mol. The smallest absolute Gasteiger partial charge is 0.229 e. The molecule has 0 aliphatic rings. The molecule has 0 saturated heterocycles. The number of methoxy groups -OCH3 is 3. The molecule has 0 bridgehead atoms. The summed E-state index contributed by atoms with van der Waals surface area (Å²) in [6.45, 7) is 2.31. The average Bonchev–Trinajstić information content (AvgIpc) is 3.29. The quantitative estimate of drug-likeness (QED) is 0.641. The van der Waals surface area contributed by atoms with Gasteiger partial charge in [-0.05, 0) is 36.8 Å². The molecule has 3 rings (SSSR count). The number of furan rings is 1. The first kappa shape index (κ1) is 19.3. The van der Waals surface area contributed by atoms with E-state index in [-0.39, 0.29) is 12.3 Å². The van der Waals surface area contributed by atoms with Crippen LogP contribution in [-0.4, -0.2) is 37.0 Å². The van der Waals surface area contributed by atoms with Crippen LogP contribution in [0.15, 0.2) is 40.9 Å². The average molecular weight is 385 g/mol. The number of nitrogens with one attached hydrogen (secondary N) is 1. The predicted molar refractivity (Wildman–Crippen MR) is 103 cm³/mol. The van der Waals surface area contributed by atoms with Gasteiger partial charge in [0.15, 0.2) is 11.5 Å². The fourth-order valence-corrected chi connectivity index (χ4v) is 2.89. The molecule has 2 heterocycles. The van der Waals surface area contributed by atoms with Gasteiger partial charge in [0.25, 0.3) is 0 Å². The normalized spacial score (nSPS) is 10.6. The van der Waals surface area contributed by atoms with Crippen LogP contribution in [-0.2, 0) is 17.8 Å². The number of amides is 1. The molecule has 1 aromatic carbocycles. The molecule has 0 spiro atoms. The number of aryl methyl sites for hydroxylation is 1. The van der Waals surface area contributed by atoms with E-state index in [1.54, 1.807) is 29.1 Å². The lowest BCUT2D eigenvalue weighted by atomic mass is 10.1. The van der Waals surface area contributed by atoms with E-state index in [0.717, 1.165) is 17.1 Å². The van der Waals surface area contributed by atoms with Crippen LogP contribution in [0.5, 0.6) is 17.2 Å². The molecule has 148 valence electrons. The van der Waals surface area contributed by atoms with E-state index in [4.69, 9.17) is 18.6 Å². The molecule has 0 atom stereocenters. The molecular weight excluding hydrogens is 362 g/mol. The Morgan fingerprint density at radius 3 is 2.39 bits per heavy atom. The van der Waals surface area contributed by atoms with Gasteiger partial charge in [-0.2, -0.15) is 5.10 Å². The van der Waals surface area contributed by atoms with Gasteiger partial charge < -0.3 is 23.9 Å². The minimum absolute atomic E-state index is 0.141. The minimum atomic E-state index is -0.188. The van der Waals surface area contributed by atoms with Crippen molar-refractivity contribution in [1.82, 2.24) is 9.78 Å². The summed E-state index contributed by atoms with van der Waals surface area (Å²) in [4.78, 5) is 12.6. The molecule has 0 aliphatic carbocycles. The number of hydrogen-bond acceptors (Lipinski definition) is 6. The van der Waals surface area contributed by atoms with Crippen molar-refractivity contribution in [2.75, 3.05) is 26.6 Å². The molecule has 28 heavy (non-hydrogen) atoms. The van der Waals surface area contributed by atoms with Gasteiger partial charge in [0.1, 0.15) is 23.9 Å². The van der Waals surface area contributed by atoms with Crippen LogP contribution in [0, 0.1) is 6.92 Å². The summed E-state index contributed by atoms with van der Waals surface area (Å²) in [5.74, 6) is 3.49. The maximum atomic E-state index is 12.6. The molecule has 8 nitrogen and oxygen atoms in total. The molecule has 3 aromatic rings. The Kier molecular flexibility index (Phi) is 5.88. The fourth-order valence-electron chi connectivity index (χ4n) is 2.89. The number of carbonyl (C=O) groups is 1. The summed E-state index contributed by atoms with van der Waals surface area (Å²) >= 11 is 0. The topological polar surface area (TPSA) is 87.8 Å². The summed E-state index contributed by atoms with van der Waals surface area (Å²) in [6, 6.07) is 9.02. The van der Waals surface area contributed by atoms with Crippen LogP contribution in [0.1, 0.15) is 17.1 Å². The van der Waals surface area contributed by atoms with Crippen molar-refractivity contribution < 1.29 is 23.4 Å². The molecule has 0 fully saturated rings. The number of ether oxygens (including phenoxy) is 3. The summed E-state index contributed by atoms with van der Waals surface area (Å²) in [5.41, 5.74) is 0.736. The van der Waals surface area contributed by atoms with Gasteiger partial charge in [-0.1, -0.05) is 0 Å². The predicted octanol–water partition coefficient (Wildman–Crippen LogP) is 3.04. The van der Waals surface area contributed by atoms with Gasteiger partial charge in [-0.25, -0.2) is 4.68 Å². The van der Waals surface area contributed by atoms with Gasteiger partial charge in [-0.15, -0.1) is 0 Å². The van der Waals surface area contributed by atoms with E-state index in [9.17, 15) is 4.79 Å². The van der Waals surface area contributed by atoms with Crippen molar-refractivity contribution in [2.45, 2.75) is 19.9 Å². The molecule has 0 unspecified atom stereocenters. The number of anilines is 1. The minimum Gasteiger partial charge on any atom is -0.493 e. The molecule has 2 aromatic heterocycles. The van der Waals surface area contributed by atoms with Crippen LogP contribution in [0.25, 0.3) is 0 Å². The van der Waals surface area contributed by atoms with E-state index in [2.05, 4.69) is 10.4 Å². The van der Waals surface area contributed by atoms with E-state index >= 15 is 0 Å². The first-order chi connectivity index (χ1) is 13.5. The Morgan fingerprint density at radius 1 is 1.11 bits per heavy atom. The first-order valence-electron chi connectivity index (χ1n) is 8.70. The van der Waals surface area contributed by atoms with Crippen LogP contribution in [0.3, 0.4) is 0 Å². The third kappa shape index (κ3) is 4.28. The number of nitrogens with zero attached hydrogens (tertiary/aromatic N) is 2. The molecule has 0 radical (unpaired) electrons. The largest absolute Gasteiger partial charge is 0.493 e. The van der Waals surface area contributed by atoms with E-state index < -0.39 is 0 Å². The van der Waals surface area contributed by atoms with E-state index in [0.29, 0.717) is 29.6 Å². The first-order valence-corrected chi connectivity index (χ1v) is 8.70. The fraction of sp³-hybridized carbons (Fsp3) is 0.300. The zero-order valence-electron chi connectivity index (χ0n) is 16.3. The van der Waals surface area contributed by atoms with Crippen molar-refractivity contribution in [3.8, 4) is 17.2 Å². The summed E-state index contributed by atoms with van der Waals surface area (Å²) in [7, 11) is 4.61. The Hall–Kier alpha value is -3.42. The van der Waals surface area contributed by atoms with Crippen LogP contribution >= 0.6 is 0 Å². The number of aromatic nitrogens is 2. The van der Waals surface area contributed by atoms with E-state index in [1.165, 1.54) is 21.3 Å². The Morgan fingerprint density at radius 2 is 1.82 bits per heavy atom. The Labute approximate surface area is 163 Å². The van der Waals surface area contributed by atoms with Crippen molar-refractivity contribution in [3.63, 3.8) is 0 Å². The molecule has 1 N–H and O–H groups in total. The Balaban J connectivity index is 1.72. The molecule has 8 heteroatoms. The van der Waals surface area contributed by atoms with Crippen LogP contribution in [0.4, 0.5) is 5.82 Å². The zero-order chi connectivity index (χ0) is 20.1. The number of rotatable bonds is 8. The standard InChI is InChI=1S/C20H23N3O5/c1-13-5-6-15(28-13)12-23-18(7-8-21-23)22-19(24)11-14-9-16(25-2)20(27-4)17(10-14)26-3/h5-10H,11-12H2,1-4H3,(H,22,24). The highest BCUT2D eigenvalue weighted by atomic mass is 16.5. The summed E-state index contributed by atoms with van der Waals surface area (Å²) < 4.78 is 23.2. The van der Waals surface area contributed by atoms with Crippen molar-refractivity contribution in [2.24, 2.45) is 0 Å².